The molecule has 2 rings (SSSR count). The summed E-state index contributed by atoms with van der Waals surface area (Å²) in [5.74, 6) is 0.288. The lowest BCUT2D eigenvalue weighted by atomic mass is 9.81. The minimum atomic E-state index is -0.285. The van der Waals surface area contributed by atoms with Crippen LogP contribution in [0.2, 0.25) is 0 Å². The highest BCUT2D eigenvalue weighted by molar-refractivity contribution is 5.83. The van der Waals surface area contributed by atoms with Gasteiger partial charge in [0.1, 0.15) is 6.04 Å². The van der Waals surface area contributed by atoms with E-state index in [0.717, 1.165) is 36.8 Å². The lowest BCUT2D eigenvalue weighted by Gasteiger charge is -2.29. The Kier molecular flexibility index (Phi) is 6.37. The smallest absolute Gasteiger partial charge is 0.241 e. The average molecular weight is 331 g/mol. The number of aryl methyl sites for hydroxylation is 1. The molecule has 0 aromatic heterocycles. The molecule has 2 amide bonds. The quantitative estimate of drug-likeness (QED) is 0.837. The predicted octanol–water partition coefficient (Wildman–Crippen LogP) is 2.01. The van der Waals surface area contributed by atoms with E-state index >= 15 is 0 Å². The van der Waals surface area contributed by atoms with Crippen molar-refractivity contribution in [2.75, 3.05) is 20.6 Å². The number of hydrogen-bond donors (Lipinski definition) is 2. The fourth-order valence-electron chi connectivity index (χ4n) is 3.52. The summed E-state index contributed by atoms with van der Waals surface area (Å²) in [5.41, 5.74) is 7.53. The number of nitrogens with two attached hydrogens (primary N) is 1. The largest absolute Gasteiger partial charge is 0.369 e. The summed E-state index contributed by atoms with van der Waals surface area (Å²) in [5, 5.41) is 3.10. The van der Waals surface area contributed by atoms with Gasteiger partial charge in [0.25, 0.3) is 0 Å². The van der Waals surface area contributed by atoms with Gasteiger partial charge in [-0.2, -0.15) is 0 Å². The first-order valence-corrected chi connectivity index (χ1v) is 8.68. The van der Waals surface area contributed by atoms with E-state index in [0.29, 0.717) is 12.5 Å². The lowest BCUT2D eigenvalue weighted by Crippen LogP contribution is -2.40. The van der Waals surface area contributed by atoms with Crippen LogP contribution in [0.1, 0.15) is 42.9 Å². The van der Waals surface area contributed by atoms with E-state index in [1.807, 2.05) is 44.1 Å². The standard InChI is InChI=1S/C19H29N3O2/c1-13-5-4-6-16(11-13)17(22(2)3)19(24)21-12-14-7-9-15(10-8-14)18(20)23/h4-6,11,14-15,17H,7-10,12H2,1-3H3,(H2,20,23)(H,21,24)/t14?,15?,17-/m1/s1. The fourth-order valence-corrected chi connectivity index (χ4v) is 3.52. The SMILES string of the molecule is Cc1cccc([C@H](C(=O)NCC2CCC(C(N)=O)CC2)N(C)C)c1. The van der Waals surface area contributed by atoms with Crippen LogP contribution in [0, 0.1) is 18.8 Å². The summed E-state index contributed by atoms with van der Waals surface area (Å²) in [7, 11) is 3.84. The Morgan fingerprint density at radius 2 is 1.92 bits per heavy atom. The first-order chi connectivity index (χ1) is 11.4. The van der Waals surface area contributed by atoms with Gasteiger partial charge in [-0.15, -0.1) is 0 Å². The Morgan fingerprint density at radius 1 is 1.25 bits per heavy atom. The molecule has 1 atom stereocenters. The number of likely N-dealkylation sites (N-methyl/N-ethyl adjacent to an activating group) is 1. The zero-order valence-corrected chi connectivity index (χ0v) is 14.9. The number of amides is 2. The second-order valence-corrected chi connectivity index (χ2v) is 7.15. The molecule has 3 N–H and O–H groups in total. The molecule has 0 heterocycles. The monoisotopic (exact) mass is 331 g/mol. The van der Waals surface area contributed by atoms with Crippen molar-refractivity contribution in [3.63, 3.8) is 0 Å². The van der Waals surface area contributed by atoms with E-state index in [2.05, 4.69) is 11.4 Å². The Balaban J connectivity index is 1.91. The number of primary amides is 1. The van der Waals surface area contributed by atoms with Crippen LogP contribution in [0.4, 0.5) is 0 Å². The van der Waals surface area contributed by atoms with Crippen molar-refractivity contribution in [2.45, 2.75) is 38.6 Å². The zero-order chi connectivity index (χ0) is 17.7. The van der Waals surface area contributed by atoms with Gasteiger partial charge in [-0.3, -0.25) is 14.5 Å². The molecule has 5 nitrogen and oxygen atoms in total. The van der Waals surface area contributed by atoms with Gasteiger partial charge in [-0.1, -0.05) is 29.8 Å². The van der Waals surface area contributed by atoms with Crippen LogP contribution in [0.5, 0.6) is 0 Å². The van der Waals surface area contributed by atoms with Crippen LogP contribution in [0.25, 0.3) is 0 Å². The molecule has 132 valence electrons. The predicted molar refractivity (Wildman–Crippen MR) is 95.3 cm³/mol. The summed E-state index contributed by atoms with van der Waals surface area (Å²) in [6, 6.07) is 7.79. The van der Waals surface area contributed by atoms with Gasteiger partial charge in [0.2, 0.25) is 11.8 Å². The molecule has 24 heavy (non-hydrogen) atoms. The van der Waals surface area contributed by atoms with Crippen LogP contribution in [-0.4, -0.2) is 37.4 Å². The highest BCUT2D eigenvalue weighted by Crippen LogP contribution is 2.28. The van der Waals surface area contributed by atoms with Crippen molar-refractivity contribution >= 4 is 11.8 Å². The van der Waals surface area contributed by atoms with E-state index in [1.54, 1.807) is 0 Å². The maximum atomic E-state index is 12.7. The molecule has 0 saturated heterocycles. The second-order valence-electron chi connectivity index (χ2n) is 7.15. The second kappa shape index (κ2) is 8.29. The van der Waals surface area contributed by atoms with Crippen LogP contribution in [-0.2, 0) is 9.59 Å². The van der Waals surface area contributed by atoms with Crippen LogP contribution < -0.4 is 11.1 Å². The van der Waals surface area contributed by atoms with Gasteiger partial charge in [-0.25, -0.2) is 0 Å². The van der Waals surface area contributed by atoms with Crippen molar-refractivity contribution in [1.29, 1.82) is 0 Å². The van der Waals surface area contributed by atoms with Crippen LogP contribution >= 0.6 is 0 Å². The summed E-state index contributed by atoms with van der Waals surface area (Å²) < 4.78 is 0. The highest BCUT2D eigenvalue weighted by Gasteiger charge is 2.27. The Bertz CT molecular complexity index is 578. The molecule has 1 aromatic carbocycles. The topological polar surface area (TPSA) is 75.4 Å². The minimum Gasteiger partial charge on any atom is -0.369 e. The number of rotatable bonds is 6. The number of hydrogen-bond acceptors (Lipinski definition) is 3. The van der Waals surface area contributed by atoms with Gasteiger partial charge in [0.05, 0.1) is 0 Å². The normalized spacial score (nSPS) is 22.2. The number of nitrogens with zero attached hydrogens (tertiary/aromatic N) is 1. The third-order valence-electron chi connectivity index (χ3n) is 4.94. The Labute approximate surface area is 144 Å². The molecule has 1 saturated carbocycles. The third kappa shape index (κ3) is 4.81. The summed E-state index contributed by atoms with van der Waals surface area (Å²) in [6.07, 6.45) is 3.58. The molecule has 1 aromatic rings. The molecule has 0 radical (unpaired) electrons. The van der Waals surface area contributed by atoms with Crippen molar-refractivity contribution in [2.24, 2.45) is 17.6 Å². The van der Waals surface area contributed by atoms with Crippen LogP contribution in [0.15, 0.2) is 24.3 Å². The van der Waals surface area contributed by atoms with E-state index in [-0.39, 0.29) is 23.8 Å². The zero-order valence-electron chi connectivity index (χ0n) is 14.9. The molecular formula is C19H29N3O2. The van der Waals surface area contributed by atoms with Crippen molar-refractivity contribution in [3.8, 4) is 0 Å². The summed E-state index contributed by atoms with van der Waals surface area (Å²) >= 11 is 0. The molecule has 1 fully saturated rings. The maximum Gasteiger partial charge on any atom is 0.241 e. The van der Waals surface area contributed by atoms with Gasteiger partial charge in [-0.05, 0) is 58.2 Å². The lowest BCUT2D eigenvalue weighted by molar-refractivity contribution is -0.126. The number of carbonyl (C=O) groups excluding carboxylic acids is 2. The minimum absolute atomic E-state index is 0.0127. The highest BCUT2D eigenvalue weighted by atomic mass is 16.2. The maximum absolute atomic E-state index is 12.7. The third-order valence-corrected chi connectivity index (χ3v) is 4.94. The number of carbonyl (C=O) groups is 2. The Morgan fingerprint density at radius 3 is 2.46 bits per heavy atom. The average Bonchev–Trinajstić information content (AvgIpc) is 2.53. The van der Waals surface area contributed by atoms with E-state index in [4.69, 9.17) is 5.73 Å². The number of nitrogens with one attached hydrogen (secondary N) is 1. The fraction of sp³-hybridized carbons (Fsp3) is 0.579. The molecule has 0 spiro atoms. The molecule has 5 heteroatoms. The van der Waals surface area contributed by atoms with Gasteiger partial charge < -0.3 is 11.1 Å². The molecule has 0 bridgehead atoms. The first kappa shape index (κ1) is 18.5. The first-order valence-electron chi connectivity index (χ1n) is 8.68. The van der Waals surface area contributed by atoms with Gasteiger partial charge in [0, 0.05) is 12.5 Å². The van der Waals surface area contributed by atoms with E-state index in [1.165, 1.54) is 0 Å². The molecule has 0 unspecified atom stereocenters. The Hall–Kier alpha value is -1.88. The van der Waals surface area contributed by atoms with E-state index in [9.17, 15) is 9.59 Å². The summed E-state index contributed by atoms with van der Waals surface area (Å²) in [6.45, 7) is 2.70. The number of benzene rings is 1. The molecule has 1 aliphatic rings. The summed E-state index contributed by atoms with van der Waals surface area (Å²) in [4.78, 5) is 25.8. The van der Waals surface area contributed by atoms with Crippen LogP contribution in [0.3, 0.4) is 0 Å². The van der Waals surface area contributed by atoms with Gasteiger partial charge >= 0.3 is 0 Å². The van der Waals surface area contributed by atoms with Crippen molar-refractivity contribution in [1.82, 2.24) is 10.2 Å². The van der Waals surface area contributed by atoms with Crippen molar-refractivity contribution in [3.05, 3.63) is 35.4 Å². The van der Waals surface area contributed by atoms with Crippen molar-refractivity contribution < 1.29 is 9.59 Å². The molecule has 0 aliphatic heterocycles. The molecular weight excluding hydrogens is 302 g/mol. The molecule has 1 aliphatic carbocycles. The van der Waals surface area contributed by atoms with Gasteiger partial charge in [0.15, 0.2) is 0 Å². The van der Waals surface area contributed by atoms with E-state index < -0.39 is 0 Å².